The molecule has 2 N–H and O–H groups in total. The van der Waals surface area contributed by atoms with E-state index >= 15 is 0 Å². The SMILES string of the molecule is Clc1[nH]ccc1[C@@H]1CCCN1. The Morgan fingerprint density at radius 3 is 3.00 bits per heavy atom. The van der Waals surface area contributed by atoms with E-state index in [0.717, 1.165) is 11.7 Å². The maximum Gasteiger partial charge on any atom is 0.111 e. The van der Waals surface area contributed by atoms with Crippen molar-refractivity contribution in [2.24, 2.45) is 0 Å². The van der Waals surface area contributed by atoms with E-state index < -0.39 is 0 Å². The summed E-state index contributed by atoms with van der Waals surface area (Å²) in [7, 11) is 0. The number of halogens is 1. The Morgan fingerprint density at radius 1 is 1.55 bits per heavy atom. The van der Waals surface area contributed by atoms with Gasteiger partial charge in [0, 0.05) is 17.8 Å². The van der Waals surface area contributed by atoms with Crippen LogP contribution in [0.1, 0.15) is 24.4 Å². The summed E-state index contributed by atoms with van der Waals surface area (Å²) < 4.78 is 0. The molecule has 60 valence electrons. The molecule has 0 aliphatic carbocycles. The van der Waals surface area contributed by atoms with Gasteiger partial charge in [0.05, 0.1) is 0 Å². The van der Waals surface area contributed by atoms with Crippen LogP contribution in [0.15, 0.2) is 12.3 Å². The van der Waals surface area contributed by atoms with Gasteiger partial charge in [0.15, 0.2) is 0 Å². The highest BCUT2D eigenvalue weighted by atomic mass is 35.5. The van der Waals surface area contributed by atoms with Crippen molar-refractivity contribution in [3.05, 3.63) is 23.0 Å². The van der Waals surface area contributed by atoms with E-state index in [-0.39, 0.29) is 0 Å². The average molecular weight is 171 g/mol. The first-order valence-electron chi connectivity index (χ1n) is 3.94. The highest BCUT2D eigenvalue weighted by Gasteiger charge is 2.18. The van der Waals surface area contributed by atoms with Gasteiger partial charge in [0.2, 0.25) is 0 Å². The third-order valence-corrected chi connectivity index (χ3v) is 2.49. The topological polar surface area (TPSA) is 27.8 Å². The molecule has 11 heavy (non-hydrogen) atoms. The minimum atomic E-state index is 0.480. The molecule has 0 saturated carbocycles. The number of aromatic nitrogens is 1. The van der Waals surface area contributed by atoms with Crippen LogP contribution in [-0.2, 0) is 0 Å². The van der Waals surface area contributed by atoms with Crippen molar-refractivity contribution in [3.63, 3.8) is 0 Å². The maximum absolute atomic E-state index is 5.92. The molecule has 0 amide bonds. The molecule has 0 aromatic carbocycles. The van der Waals surface area contributed by atoms with Crippen LogP contribution in [0.4, 0.5) is 0 Å². The summed E-state index contributed by atoms with van der Waals surface area (Å²) in [5.41, 5.74) is 1.21. The van der Waals surface area contributed by atoms with Crippen molar-refractivity contribution >= 4 is 11.6 Å². The highest BCUT2D eigenvalue weighted by molar-refractivity contribution is 6.30. The van der Waals surface area contributed by atoms with E-state index in [1.165, 1.54) is 18.4 Å². The highest BCUT2D eigenvalue weighted by Crippen LogP contribution is 2.27. The van der Waals surface area contributed by atoms with Crippen LogP contribution in [0.3, 0.4) is 0 Å². The van der Waals surface area contributed by atoms with E-state index in [0.29, 0.717) is 6.04 Å². The fourth-order valence-electron chi connectivity index (χ4n) is 1.58. The number of hydrogen-bond donors (Lipinski definition) is 2. The van der Waals surface area contributed by atoms with Crippen molar-refractivity contribution in [3.8, 4) is 0 Å². The van der Waals surface area contributed by atoms with Gasteiger partial charge in [0.1, 0.15) is 5.15 Å². The molecule has 1 fully saturated rings. The first-order valence-corrected chi connectivity index (χ1v) is 4.32. The van der Waals surface area contributed by atoms with Gasteiger partial charge < -0.3 is 10.3 Å². The molecular formula is C8H11ClN2. The zero-order valence-corrected chi connectivity index (χ0v) is 6.99. The van der Waals surface area contributed by atoms with Gasteiger partial charge in [-0.25, -0.2) is 0 Å². The van der Waals surface area contributed by atoms with Crippen molar-refractivity contribution in [2.75, 3.05) is 6.54 Å². The lowest BCUT2D eigenvalue weighted by Gasteiger charge is -2.07. The molecule has 1 aromatic heterocycles. The Morgan fingerprint density at radius 2 is 2.45 bits per heavy atom. The molecule has 1 saturated heterocycles. The van der Waals surface area contributed by atoms with Crippen LogP contribution in [0.25, 0.3) is 0 Å². The first-order chi connectivity index (χ1) is 5.38. The molecule has 0 unspecified atom stereocenters. The minimum absolute atomic E-state index is 0.480. The first kappa shape index (κ1) is 7.19. The average Bonchev–Trinajstić information content (AvgIpc) is 2.55. The summed E-state index contributed by atoms with van der Waals surface area (Å²) in [5, 5.41) is 4.18. The van der Waals surface area contributed by atoms with Gasteiger partial charge in [-0.05, 0) is 25.5 Å². The lowest BCUT2D eigenvalue weighted by atomic mass is 10.1. The van der Waals surface area contributed by atoms with Crippen molar-refractivity contribution in [2.45, 2.75) is 18.9 Å². The van der Waals surface area contributed by atoms with Gasteiger partial charge in [-0.15, -0.1) is 0 Å². The zero-order chi connectivity index (χ0) is 7.68. The monoisotopic (exact) mass is 170 g/mol. The summed E-state index contributed by atoms with van der Waals surface area (Å²) in [6.07, 6.45) is 4.35. The molecule has 1 aromatic rings. The lowest BCUT2D eigenvalue weighted by Crippen LogP contribution is -2.12. The molecule has 1 atom stereocenters. The van der Waals surface area contributed by atoms with Crippen molar-refractivity contribution in [1.82, 2.24) is 10.3 Å². The lowest BCUT2D eigenvalue weighted by molar-refractivity contribution is 0.649. The Labute approximate surface area is 70.9 Å². The van der Waals surface area contributed by atoms with Gasteiger partial charge >= 0.3 is 0 Å². The summed E-state index contributed by atoms with van der Waals surface area (Å²) in [5.74, 6) is 0. The number of aromatic amines is 1. The Bertz CT molecular complexity index is 238. The molecular weight excluding hydrogens is 160 g/mol. The number of hydrogen-bond acceptors (Lipinski definition) is 1. The summed E-state index contributed by atoms with van der Waals surface area (Å²) >= 11 is 5.92. The van der Waals surface area contributed by atoms with Crippen LogP contribution < -0.4 is 5.32 Å². The zero-order valence-electron chi connectivity index (χ0n) is 6.23. The third-order valence-electron chi connectivity index (χ3n) is 2.16. The second-order valence-corrected chi connectivity index (χ2v) is 3.27. The fourth-order valence-corrected chi connectivity index (χ4v) is 1.84. The van der Waals surface area contributed by atoms with E-state index in [2.05, 4.69) is 10.3 Å². The molecule has 2 rings (SSSR count). The van der Waals surface area contributed by atoms with E-state index in [9.17, 15) is 0 Å². The minimum Gasteiger partial charge on any atom is -0.352 e. The predicted molar refractivity (Wildman–Crippen MR) is 45.8 cm³/mol. The Balaban J connectivity index is 2.21. The maximum atomic E-state index is 5.92. The molecule has 0 radical (unpaired) electrons. The summed E-state index contributed by atoms with van der Waals surface area (Å²) in [4.78, 5) is 2.97. The second kappa shape index (κ2) is 2.88. The number of H-pyrrole nitrogens is 1. The summed E-state index contributed by atoms with van der Waals surface area (Å²) in [6, 6.07) is 2.53. The standard InChI is InChI=1S/C8H11ClN2/c9-8-6(3-5-11-8)7-2-1-4-10-7/h3,5,7,10-11H,1-2,4H2/t7-/m0/s1. The Kier molecular flexibility index (Phi) is 1.88. The van der Waals surface area contributed by atoms with Crippen LogP contribution >= 0.6 is 11.6 Å². The molecule has 1 aliphatic rings. The molecule has 0 spiro atoms. The van der Waals surface area contributed by atoms with Crippen LogP contribution in [0, 0.1) is 0 Å². The van der Waals surface area contributed by atoms with E-state index in [4.69, 9.17) is 11.6 Å². The largest absolute Gasteiger partial charge is 0.352 e. The van der Waals surface area contributed by atoms with Crippen LogP contribution in [-0.4, -0.2) is 11.5 Å². The fraction of sp³-hybridized carbons (Fsp3) is 0.500. The predicted octanol–water partition coefficient (Wildman–Crippen LogP) is 2.09. The molecule has 3 heteroatoms. The Hall–Kier alpha value is -0.470. The van der Waals surface area contributed by atoms with Crippen molar-refractivity contribution in [1.29, 1.82) is 0 Å². The summed E-state index contributed by atoms with van der Waals surface area (Å²) in [6.45, 7) is 1.12. The third kappa shape index (κ3) is 1.28. The molecule has 0 bridgehead atoms. The van der Waals surface area contributed by atoms with E-state index in [1.54, 1.807) is 0 Å². The van der Waals surface area contributed by atoms with Gasteiger partial charge in [0.25, 0.3) is 0 Å². The van der Waals surface area contributed by atoms with Gasteiger partial charge in [-0.1, -0.05) is 11.6 Å². The second-order valence-electron chi connectivity index (χ2n) is 2.90. The van der Waals surface area contributed by atoms with Crippen LogP contribution in [0.5, 0.6) is 0 Å². The molecule has 2 nitrogen and oxygen atoms in total. The molecule has 1 aliphatic heterocycles. The molecule has 2 heterocycles. The van der Waals surface area contributed by atoms with Gasteiger partial charge in [-0.2, -0.15) is 0 Å². The number of nitrogens with one attached hydrogen (secondary N) is 2. The smallest absolute Gasteiger partial charge is 0.111 e. The van der Waals surface area contributed by atoms with Crippen molar-refractivity contribution < 1.29 is 0 Å². The van der Waals surface area contributed by atoms with Crippen LogP contribution in [0.2, 0.25) is 5.15 Å². The quantitative estimate of drug-likeness (QED) is 0.664. The van der Waals surface area contributed by atoms with Gasteiger partial charge in [-0.3, -0.25) is 0 Å². The normalized spacial score (nSPS) is 24.3. The van der Waals surface area contributed by atoms with E-state index in [1.807, 2.05) is 12.3 Å². The number of rotatable bonds is 1.